The Morgan fingerprint density at radius 2 is 2.03 bits per heavy atom. The molecule has 0 radical (unpaired) electrons. The fourth-order valence-electron chi connectivity index (χ4n) is 4.89. The highest BCUT2D eigenvalue weighted by Crippen LogP contribution is 2.53. The van der Waals surface area contributed by atoms with Crippen molar-refractivity contribution in [3.05, 3.63) is 34.9 Å². The summed E-state index contributed by atoms with van der Waals surface area (Å²) in [6.07, 6.45) is 9.80. The van der Waals surface area contributed by atoms with E-state index in [4.69, 9.17) is 19.9 Å². The lowest BCUT2D eigenvalue weighted by Crippen LogP contribution is -2.45. The third kappa shape index (κ3) is 5.82. The molecule has 0 fully saturated rings. The molecule has 172 valence electrons. The summed E-state index contributed by atoms with van der Waals surface area (Å²) < 4.78 is 17.6. The third-order valence-corrected chi connectivity index (χ3v) is 6.59. The van der Waals surface area contributed by atoms with E-state index >= 15 is 0 Å². The second kappa shape index (κ2) is 10.5. The van der Waals surface area contributed by atoms with Crippen molar-refractivity contribution in [3.8, 4) is 11.5 Å². The van der Waals surface area contributed by atoms with E-state index in [-0.39, 0.29) is 11.5 Å². The third-order valence-electron chi connectivity index (χ3n) is 6.59. The van der Waals surface area contributed by atoms with E-state index in [1.807, 2.05) is 6.07 Å². The van der Waals surface area contributed by atoms with Crippen molar-refractivity contribution in [1.29, 1.82) is 0 Å². The van der Waals surface area contributed by atoms with Crippen LogP contribution in [-0.4, -0.2) is 24.9 Å². The summed E-state index contributed by atoms with van der Waals surface area (Å²) in [5.41, 5.74) is 8.76. The van der Waals surface area contributed by atoms with E-state index in [1.54, 1.807) is 0 Å². The molecule has 0 unspecified atom stereocenters. The van der Waals surface area contributed by atoms with Crippen LogP contribution in [0.3, 0.4) is 0 Å². The standard InChI is InChI=1S/C26H39NO4/c1-5-6-7-10-19-16-22(30-25(28)29-14-9-8-13-27)24-20-15-18(2)11-12-21(20)26(3,4)31-23(24)17-19/h15-17,20-21H,5-14,27H2,1-4H3/t20-,21-/m1/s1. The van der Waals surface area contributed by atoms with E-state index in [0.29, 0.717) is 24.8 Å². The number of allylic oxidation sites excluding steroid dienone is 2. The van der Waals surface area contributed by atoms with Crippen molar-refractivity contribution in [2.75, 3.05) is 13.2 Å². The lowest BCUT2D eigenvalue weighted by molar-refractivity contribution is 0.0104. The number of hydrogen-bond donors (Lipinski definition) is 1. The Labute approximate surface area is 187 Å². The molecule has 3 rings (SSSR count). The van der Waals surface area contributed by atoms with E-state index in [2.05, 4.69) is 39.8 Å². The minimum Gasteiger partial charge on any atom is -0.487 e. The van der Waals surface area contributed by atoms with Crippen molar-refractivity contribution in [1.82, 2.24) is 0 Å². The number of nitrogens with two attached hydrogens (primary N) is 1. The van der Waals surface area contributed by atoms with Gasteiger partial charge in [0.25, 0.3) is 0 Å². The van der Waals surface area contributed by atoms with Gasteiger partial charge in [0.05, 0.1) is 6.61 Å². The van der Waals surface area contributed by atoms with Gasteiger partial charge in [-0.05, 0) is 83.5 Å². The molecule has 0 amide bonds. The fourth-order valence-corrected chi connectivity index (χ4v) is 4.89. The molecule has 0 saturated heterocycles. The Morgan fingerprint density at radius 1 is 1.23 bits per heavy atom. The van der Waals surface area contributed by atoms with Crippen LogP contribution in [0.15, 0.2) is 23.8 Å². The maximum atomic E-state index is 12.5. The molecule has 5 nitrogen and oxygen atoms in total. The summed E-state index contributed by atoms with van der Waals surface area (Å²) >= 11 is 0. The highest BCUT2D eigenvalue weighted by atomic mass is 16.7. The Hall–Kier alpha value is -2.01. The van der Waals surface area contributed by atoms with Gasteiger partial charge in [-0.1, -0.05) is 31.4 Å². The first-order valence-corrected chi connectivity index (χ1v) is 11.9. The Morgan fingerprint density at radius 3 is 2.77 bits per heavy atom. The number of carbonyl (C=O) groups excluding carboxylic acids is 1. The van der Waals surface area contributed by atoms with Crippen LogP contribution in [0.5, 0.6) is 11.5 Å². The number of benzene rings is 1. The summed E-state index contributed by atoms with van der Waals surface area (Å²) in [7, 11) is 0. The molecule has 2 atom stereocenters. The molecule has 1 aromatic carbocycles. The molecule has 1 aliphatic heterocycles. The first-order valence-electron chi connectivity index (χ1n) is 11.9. The van der Waals surface area contributed by atoms with Crippen molar-refractivity contribution in [3.63, 3.8) is 0 Å². The predicted molar refractivity (Wildman–Crippen MR) is 124 cm³/mol. The SMILES string of the molecule is CCCCCc1cc(OC(=O)OCCCCN)c2c(c1)OC(C)(C)[C@@H]1CCC(C)=C[C@@H]21. The van der Waals surface area contributed by atoms with Gasteiger partial charge in [-0.15, -0.1) is 0 Å². The molecule has 1 aromatic rings. The minimum absolute atomic E-state index is 0.178. The summed E-state index contributed by atoms with van der Waals surface area (Å²) in [4.78, 5) is 12.5. The maximum Gasteiger partial charge on any atom is 0.513 e. The maximum absolute atomic E-state index is 12.5. The monoisotopic (exact) mass is 429 g/mol. The van der Waals surface area contributed by atoms with Crippen LogP contribution in [0.25, 0.3) is 0 Å². The number of unbranched alkanes of at least 4 members (excludes halogenated alkanes) is 3. The lowest BCUT2D eigenvalue weighted by atomic mass is 9.68. The fraction of sp³-hybridized carbons (Fsp3) is 0.654. The largest absolute Gasteiger partial charge is 0.513 e. The van der Waals surface area contributed by atoms with Crippen LogP contribution in [0.2, 0.25) is 0 Å². The van der Waals surface area contributed by atoms with Gasteiger partial charge < -0.3 is 19.9 Å². The van der Waals surface area contributed by atoms with Gasteiger partial charge in [-0.25, -0.2) is 4.79 Å². The summed E-state index contributed by atoms with van der Waals surface area (Å²) in [6.45, 7) is 9.65. The number of hydrogen-bond acceptors (Lipinski definition) is 5. The van der Waals surface area contributed by atoms with Gasteiger partial charge in [0.15, 0.2) is 0 Å². The zero-order valence-electron chi connectivity index (χ0n) is 19.7. The number of ether oxygens (including phenoxy) is 3. The molecule has 5 heteroatoms. The van der Waals surface area contributed by atoms with Crippen molar-refractivity contribution in [2.45, 2.75) is 90.6 Å². The van der Waals surface area contributed by atoms with Gasteiger partial charge in [-0.2, -0.15) is 0 Å². The molecule has 1 aliphatic carbocycles. The average molecular weight is 430 g/mol. The number of aryl methyl sites for hydroxylation is 1. The Kier molecular flexibility index (Phi) is 8.04. The van der Waals surface area contributed by atoms with Gasteiger partial charge in [0.1, 0.15) is 17.1 Å². The van der Waals surface area contributed by atoms with Crippen LogP contribution < -0.4 is 15.2 Å². The molecule has 2 aliphatic rings. The molecule has 0 spiro atoms. The molecule has 1 heterocycles. The molecule has 0 bridgehead atoms. The summed E-state index contributed by atoms with van der Waals surface area (Å²) in [5, 5.41) is 0. The van der Waals surface area contributed by atoms with E-state index in [9.17, 15) is 4.79 Å². The van der Waals surface area contributed by atoms with E-state index < -0.39 is 6.16 Å². The predicted octanol–water partition coefficient (Wildman–Crippen LogP) is 6.28. The number of fused-ring (bicyclic) bond motifs is 3. The molecule has 2 N–H and O–H groups in total. The van der Waals surface area contributed by atoms with Gasteiger partial charge in [0, 0.05) is 17.4 Å². The second-order valence-electron chi connectivity index (χ2n) is 9.55. The van der Waals surface area contributed by atoms with E-state index in [0.717, 1.165) is 55.4 Å². The number of carbonyl (C=O) groups is 1. The zero-order chi connectivity index (χ0) is 22.4. The average Bonchev–Trinajstić information content (AvgIpc) is 2.70. The highest BCUT2D eigenvalue weighted by Gasteiger charge is 2.45. The van der Waals surface area contributed by atoms with Crippen molar-refractivity contribution >= 4 is 6.16 Å². The van der Waals surface area contributed by atoms with Crippen LogP contribution in [0, 0.1) is 5.92 Å². The van der Waals surface area contributed by atoms with Crippen LogP contribution in [-0.2, 0) is 11.2 Å². The molecular formula is C26H39NO4. The molecular weight excluding hydrogens is 390 g/mol. The normalized spacial score (nSPS) is 21.4. The topological polar surface area (TPSA) is 70.8 Å². The highest BCUT2D eigenvalue weighted by molar-refractivity contribution is 5.67. The van der Waals surface area contributed by atoms with Crippen LogP contribution >= 0.6 is 0 Å². The van der Waals surface area contributed by atoms with E-state index in [1.165, 1.54) is 18.4 Å². The van der Waals surface area contributed by atoms with Gasteiger partial charge in [-0.3, -0.25) is 0 Å². The second-order valence-corrected chi connectivity index (χ2v) is 9.55. The Bertz CT molecular complexity index is 799. The summed E-state index contributed by atoms with van der Waals surface area (Å²) in [5.74, 6) is 1.95. The van der Waals surface area contributed by atoms with Crippen LogP contribution in [0.1, 0.15) is 89.7 Å². The van der Waals surface area contributed by atoms with Crippen molar-refractivity contribution in [2.24, 2.45) is 11.7 Å². The van der Waals surface area contributed by atoms with Gasteiger partial charge >= 0.3 is 6.16 Å². The summed E-state index contributed by atoms with van der Waals surface area (Å²) in [6, 6.07) is 4.17. The quantitative estimate of drug-likeness (QED) is 0.216. The Balaban J connectivity index is 1.93. The first-order chi connectivity index (χ1) is 14.9. The molecule has 31 heavy (non-hydrogen) atoms. The first kappa shape index (κ1) is 23.6. The lowest BCUT2D eigenvalue weighted by Gasteiger charge is -2.46. The van der Waals surface area contributed by atoms with Crippen LogP contribution in [0.4, 0.5) is 4.79 Å². The van der Waals surface area contributed by atoms with Gasteiger partial charge in [0.2, 0.25) is 0 Å². The minimum atomic E-state index is -0.650. The number of rotatable bonds is 9. The zero-order valence-corrected chi connectivity index (χ0v) is 19.7. The smallest absolute Gasteiger partial charge is 0.487 e. The van der Waals surface area contributed by atoms with Crippen molar-refractivity contribution < 1.29 is 19.0 Å². The molecule has 0 aromatic heterocycles. The molecule has 0 saturated carbocycles.